The van der Waals surface area contributed by atoms with Crippen molar-refractivity contribution in [1.82, 2.24) is 4.90 Å². The van der Waals surface area contributed by atoms with Crippen molar-refractivity contribution in [3.05, 3.63) is 0 Å². The van der Waals surface area contributed by atoms with Crippen molar-refractivity contribution in [3.8, 4) is 6.07 Å². The van der Waals surface area contributed by atoms with Gasteiger partial charge in [-0.2, -0.15) is 5.26 Å². The van der Waals surface area contributed by atoms with Crippen LogP contribution >= 0.6 is 0 Å². The molecular formula is C12H20N2O3. The van der Waals surface area contributed by atoms with E-state index in [-0.39, 0.29) is 12.0 Å². The van der Waals surface area contributed by atoms with Gasteiger partial charge in [0.25, 0.3) is 0 Å². The molecule has 1 aliphatic rings. The number of nitriles is 1. The Balaban J connectivity index is 2.01. The summed E-state index contributed by atoms with van der Waals surface area (Å²) >= 11 is 0. The van der Waals surface area contributed by atoms with Gasteiger partial charge in [0.2, 0.25) is 5.91 Å². The Morgan fingerprint density at radius 2 is 2.47 bits per heavy atom. The Morgan fingerprint density at radius 1 is 1.65 bits per heavy atom. The molecule has 0 aromatic carbocycles. The Morgan fingerprint density at radius 3 is 3.12 bits per heavy atom. The van der Waals surface area contributed by atoms with Crippen LogP contribution in [-0.4, -0.2) is 50.3 Å². The molecule has 0 radical (unpaired) electrons. The van der Waals surface area contributed by atoms with Gasteiger partial charge in [-0.05, 0) is 12.8 Å². The van der Waals surface area contributed by atoms with Crippen LogP contribution < -0.4 is 0 Å². The lowest BCUT2D eigenvalue weighted by atomic mass is 10.2. The number of ether oxygens (including phenoxy) is 2. The minimum Gasteiger partial charge on any atom is -0.378 e. The monoisotopic (exact) mass is 240 g/mol. The molecule has 1 aliphatic heterocycles. The Labute approximate surface area is 102 Å². The Kier molecular flexibility index (Phi) is 6.60. The fourth-order valence-electron chi connectivity index (χ4n) is 1.68. The largest absolute Gasteiger partial charge is 0.378 e. The van der Waals surface area contributed by atoms with Gasteiger partial charge in [-0.15, -0.1) is 0 Å². The van der Waals surface area contributed by atoms with Crippen LogP contribution in [0.1, 0.15) is 25.7 Å². The van der Waals surface area contributed by atoms with E-state index in [2.05, 4.69) is 0 Å². The fraction of sp³-hybridized carbons (Fsp3) is 0.833. The van der Waals surface area contributed by atoms with Crippen LogP contribution in [0.15, 0.2) is 0 Å². The highest BCUT2D eigenvalue weighted by molar-refractivity contribution is 5.75. The number of nitrogens with zero attached hydrogens (tertiary/aromatic N) is 2. The van der Waals surface area contributed by atoms with Gasteiger partial charge >= 0.3 is 0 Å². The molecule has 5 nitrogen and oxygen atoms in total. The molecule has 1 rings (SSSR count). The highest BCUT2D eigenvalue weighted by Crippen LogP contribution is 2.11. The van der Waals surface area contributed by atoms with Crippen molar-refractivity contribution in [2.24, 2.45) is 0 Å². The van der Waals surface area contributed by atoms with Crippen molar-refractivity contribution >= 4 is 5.91 Å². The maximum absolute atomic E-state index is 11.6. The quantitative estimate of drug-likeness (QED) is 0.621. The van der Waals surface area contributed by atoms with Gasteiger partial charge in [-0.25, -0.2) is 0 Å². The molecule has 1 heterocycles. The second-order valence-corrected chi connectivity index (χ2v) is 4.18. The van der Waals surface area contributed by atoms with Gasteiger partial charge in [-0.3, -0.25) is 4.79 Å². The SMILES string of the molecule is CN(CCC#N)C(=O)CCOCC1CCCO1. The maximum Gasteiger partial charge on any atom is 0.224 e. The fourth-order valence-corrected chi connectivity index (χ4v) is 1.68. The van der Waals surface area contributed by atoms with Crippen LogP contribution in [0.4, 0.5) is 0 Å². The summed E-state index contributed by atoms with van der Waals surface area (Å²) in [7, 11) is 1.71. The standard InChI is InChI=1S/C12H20N2O3/c1-14(7-3-6-13)12(15)5-9-16-10-11-4-2-8-17-11/h11H,2-5,7-10H2,1H3. The summed E-state index contributed by atoms with van der Waals surface area (Å²) in [6, 6.07) is 2.02. The third-order valence-electron chi connectivity index (χ3n) is 2.77. The third-order valence-corrected chi connectivity index (χ3v) is 2.77. The molecule has 1 amide bonds. The van der Waals surface area contributed by atoms with Gasteiger partial charge < -0.3 is 14.4 Å². The van der Waals surface area contributed by atoms with E-state index in [9.17, 15) is 4.79 Å². The minimum absolute atomic E-state index is 0.0209. The summed E-state index contributed by atoms with van der Waals surface area (Å²) in [4.78, 5) is 13.1. The molecular weight excluding hydrogens is 220 g/mol. The molecule has 1 unspecified atom stereocenters. The average molecular weight is 240 g/mol. The van der Waals surface area contributed by atoms with E-state index in [0.29, 0.717) is 32.6 Å². The topological polar surface area (TPSA) is 62.6 Å². The van der Waals surface area contributed by atoms with Crippen LogP contribution in [0.5, 0.6) is 0 Å². The minimum atomic E-state index is 0.0209. The van der Waals surface area contributed by atoms with E-state index in [1.807, 2.05) is 6.07 Å². The number of carbonyl (C=O) groups excluding carboxylic acids is 1. The average Bonchev–Trinajstić information content (AvgIpc) is 2.84. The molecule has 1 saturated heterocycles. The van der Waals surface area contributed by atoms with Crippen LogP contribution in [0.25, 0.3) is 0 Å². The molecule has 0 aromatic rings. The first-order valence-corrected chi connectivity index (χ1v) is 6.04. The Bertz CT molecular complexity index is 269. The number of hydrogen-bond donors (Lipinski definition) is 0. The third kappa shape index (κ3) is 5.66. The molecule has 0 aliphatic carbocycles. The molecule has 0 N–H and O–H groups in total. The molecule has 0 spiro atoms. The summed E-state index contributed by atoms with van der Waals surface area (Å²) in [5.74, 6) is 0.0209. The summed E-state index contributed by atoms with van der Waals surface area (Å²) in [6.07, 6.45) is 3.11. The predicted octanol–water partition coefficient (Wildman–Crippen LogP) is 0.944. The molecule has 0 bridgehead atoms. The highest BCUT2D eigenvalue weighted by Gasteiger charge is 2.15. The lowest BCUT2D eigenvalue weighted by molar-refractivity contribution is -0.131. The van der Waals surface area contributed by atoms with Crippen LogP contribution in [0, 0.1) is 11.3 Å². The van der Waals surface area contributed by atoms with E-state index in [4.69, 9.17) is 14.7 Å². The van der Waals surface area contributed by atoms with Crippen LogP contribution in [-0.2, 0) is 14.3 Å². The smallest absolute Gasteiger partial charge is 0.224 e. The van der Waals surface area contributed by atoms with E-state index < -0.39 is 0 Å². The first kappa shape index (κ1) is 13.9. The van der Waals surface area contributed by atoms with Crippen molar-refractivity contribution in [2.75, 3.05) is 33.4 Å². The molecule has 1 fully saturated rings. The van der Waals surface area contributed by atoms with Gasteiger partial charge in [0.05, 0.1) is 38.2 Å². The normalized spacial score (nSPS) is 18.9. The van der Waals surface area contributed by atoms with E-state index in [0.717, 1.165) is 19.4 Å². The van der Waals surface area contributed by atoms with E-state index >= 15 is 0 Å². The maximum atomic E-state index is 11.6. The zero-order chi connectivity index (χ0) is 12.5. The second kappa shape index (κ2) is 8.04. The first-order chi connectivity index (χ1) is 8.24. The number of amides is 1. The highest BCUT2D eigenvalue weighted by atomic mass is 16.5. The number of carbonyl (C=O) groups is 1. The number of hydrogen-bond acceptors (Lipinski definition) is 4. The molecule has 96 valence electrons. The van der Waals surface area contributed by atoms with Gasteiger partial charge in [0.15, 0.2) is 0 Å². The van der Waals surface area contributed by atoms with Crippen LogP contribution in [0.2, 0.25) is 0 Å². The molecule has 5 heteroatoms. The van der Waals surface area contributed by atoms with Crippen LogP contribution in [0.3, 0.4) is 0 Å². The van der Waals surface area contributed by atoms with Crippen molar-refractivity contribution in [1.29, 1.82) is 5.26 Å². The lowest BCUT2D eigenvalue weighted by Crippen LogP contribution is -2.28. The van der Waals surface area contributed by atoms with Gasteiger partial charge in [0, 0.05) is 20.2 Å². The van der Waals surface area contributed by atoms with Crippen molar-refractivity contribution in [3.63, 3.8) is 0 Å². The summed E-state index contributed by atoms with van der Waals surface area (Å²) in [5.41, 5.74) is 0. The first-order valence-electron chi connectivity index (χ1n) is 6.04. The molecule has 1 atom stereocenters. The van der Waals surface area contributed by atoms with Gasteiger partial charge in [0.1, 0.15) is 0 Å². The zero-order valence-electron chi connectivity index (χ0n) is 10.4. The van der Waals surface area contributed by atoms with Gasteiger partial charge in [-0.1, -0.05) is 0 Å². The van der Waals surface area contributed by atoms with E-state index in [1.165, 1.54) is 0 Å². The molecule has 0 aromatic heterocycles. The van der Waals surface area contributed by atoms with E-state index in [1.54, 1.807) is 11.9 Å². The second-order valence-electron chi connectivity index (χ2n) is 4.18. The lowest BCUT2D eigenvalue weighted by Gasteiger charge is -2.15. The zero-order valence-corrected chi connectivity index (χ0v) is 10.4. The number of rotatable bonds is 7. The predicted molar refractivity (Wildman–Crippen MR) is 62.3 cm³/mol. The summed E-state index contributed by atoms with van der Waals surface area (Å²) in [6.45, 7) is 2.32. The van der Waals surface area contributed by atoms with Crippen molar-refractivity contribution < 1.29 is 14.3 Å². The Hall–Kier alpha value is -1.12. The summed E-state index contributed by atoms with van der Waals surface area (Å²) < 4.78 is 10.8. The molecule has 17 heavy (non-hydrogen) atoms. The summed E-state index contributed by atoms with van der Waals surface area (Å²) in [5, 5.41) is 8.41. The molecule has 0 saturated carbocycles. The van der Waals surface area contributed by atoms with Crippen molar-refractivity contribution in [2.45, 2.75) is 31.8 Å².